The monoisotopic (exact) mass is 353 g/mol. The van der Waals surface area contributed by atoms with Gasteiger partial charge in [-0.1, -0.05) is 77.6 Å². The average molecular weight is 354 g/mol. The number of hydrogen-bond acceptors (Lipinski definition) is 3. The van der Waals surface area contributed by atoms with Crippen molar-refractivity contribution in [2.45, 2.75) is 122 Å². The van der Waals surface area contributed by atoms with Gasteiger partial charge in [0.1, 0.15) is 6.04 Å². The van der Waals surface area contributed by atoms with Gasteiger partial charge in [0.25, 0.3) is 0 Å². The fraction of sp³-hybridized carbons (Fsp3) is 0.905. The molecular formula is C21H39NO3. The molecule has 0 bridgehead atoms. The number of amides is 1. The van der Waals surface area contributed by atoms with Gasteiger partial charge in [0.05, 0.1) is 6.10 Å². The Morgan fingerprint density at radius 1 is 1.00 bits per heavy atom. The summed E-state index contributed by atoms with van der Waals surface area (Å²) in [6.07, 6.45) is 17.9. The highest BCUT2D eigenvalue weighted by Gasteiger charge is 2.29. The molecule has 25 heavy (non-hydrogen) atoms. The topological polar surface area (TPSA) is 55.4 Å². The highest BCUT2D eigenvalue weighted by Crippen LogP contribution is 2.15. The summed E-state index contributed by atoms with van der Waals surface area (Å²) in [6, 6.07) is -0.420. The molecule has 1 saturated heterocycles. The van der Waals surface area contributed by atoms with Crippen molar-refractivity contribution in [3.63, 3.8) is 0 Å². The minimum absolute atomic E-state index is 0.0458. The second kappa shape index (κ2) is 14.1. The smallest absolute Gasteiger partial charge is 0.328 e. The number of esters is 1. The van der Waals surface area contributed by atoms with Gasteiger partial charge in [-0.2, -0.15) is 0 Å². The molecule has 0 spiro atoms. The number of nitrogens with one attached hydrogen (secondary N) is 1. The highest BCUT2D eigenvalue weighted by atomic mass is 16.5. The first kappa shape index (κ1) is 22.0. The molecule has 146 valence electrons. The molecule has 4 nitrogen and oxygen atoms in total. The lowest BCUT2D eigenvalue weighted by Crippen LogP contribution is -2.36. The first-order valence-electron chi connectivity index (χ1n) is 10.6. The molecule has 1 unspecified atom stereocenters. The normalized spacial score (nSPS) is 18.2. The molecule has 1 fully saturated rings. The lowest BCUT2D eigenvalue weighted by Gasteiger charge is -2.16. The van der Waals surface area contributed by atoms with Crippen LogP contribution in [0.1, 0.15) is 110 Å². The fourth-order valence-corrected chi connectivity index (χ4v) is 3.40. The lowest BCUT2D eigenvalue weighted by molar-refractivity contribution is -0.151. The van der Waals surface area contributed by atoms with Crippen molar-refractivity contribution in [2.75, 3.05) is 0 Å². The quantitative estimate of drug-likeness (QED) is 0.321. The molecule has 0 aromatic carbocycles. The zero-order valence-electron chi connectivity index (χ0n) is 16.5. The molecule has 2 atom stereocenters. The van der Waals surface area contributed by atoms with E-state index < -0.39 is 6.04 Å². The summed E-state index contributed by atoms with van der Waals surface area (Å²) < 4.78 is 5.43. The molecule has 0 aromatic rings. The maximum atomic E-state index is 11.9. The fourth-order valence-electron chi connectivity index (χ4n) is 3.40. The van der Waals surface area contributed by atoms with Crippen molar-refractivity contribution in [1.82, 2.24) is 5.32 Å². The highest BCUT2D eigenvalue weighted by molar-refractivity contribution is 5.88. The Morgan fingerprint density at radius 2 is 1.52 bits per heavy atom. The van der Waals surface area contributed by atoms with E-state index in [2.05, 4.69) is 12.2 Å². The molecule has 1 N–H and O–H groups in total. The standard InChI is InChI=1S/C21H39NO3/c1-3-4-5-6-7-8-9-10-11-12-13-14-15-18(2)25-21(24)19-16-17-20(23)22-19/h18-19H,3-17H2,1-2H3,(H,22,23)/t18?,19-/m0/s1. The summed E-state index contributed by atoms with van der Waals surface area (Å²) in [5, 5.41) is 2.66. The molecule has 1 heterocycles. The van der Waals surface area contributed by atoms with Crippen LogP contribution in [-0.4, -0.2) is 24.0 Å². The largest absolute Gasteiger partial charge is 0.461 e. The molecule has 1 aliphatic heterocycles. The van der Waals surface area contributed by atoms with Crippen LogP contribution < -0.4 is 5.32 Å². The first-order chi connectivity index (χ1) is 12.1. The average Bonchev–Trinajstić information content (AvgIpc) is 3.02. The molecule has 0 radical (unpaired) electrons. The molecule has 1 amide bonds. The number of rotatable bonds is 15. The predicted molar refractivity (Wildman–Crippen MR) is 102 cm³/mol. The molecule has 4 heteroatoms. The molecule has 0 saturated carbocycles. The second-order valence-corrected chi connectivity index (χ2v) is 7.58. The third kappa shape index (κ3) is 11.2. The maximum absolute atomic E-state index is 11.9. The number of carbonyl (C=O) groups excluding carboxylic acids is 2. The van der Waals surface area contributed by atoms with Crippen LogP contribution >= 0.6 is 0 Å². The van der Waals surface area contributed by atoms with Crippen LogP contribution in [-0.2, 0) is 14.3 Å². The van der Waals surface area contributed by atoms with Gasteiger partial charge < -0.3 is 10.1 Å². The predicted octanol–water partition coefficient (Wildman–Crippen LogP) is 5.29. The first-order valence-corrected chi connectivity index (χ1v) is 10.6. The Bertz CT molecular complexity index is 370. The maximum Gasteiger partial charge on any atom is 0.328 e. The summed E-state index contributed by atoms with van der Waals surface area (Å²) in [6.45, 7) is 4.22. The summed E-state index contributed by atoms with van der Waals surface area (Å²) in [4.78, 5) is 23.0. The van der Waals surface area contributed by atoms with Gasteiger partial charge in [0.15, 0.2) is 0 Å². The number of ether oxygens (including phenoxy) is 1. The minimum Gasteiger partial charge on any atom is -0.461 e. The Labute approximate surface area is 154 Å². The van der Waals surface area contributed by atoms with Gasteiger partial charge in [0, 0.05) is 6.42 Å². The summed E-state index contributed by atoms with van der Waals surface area (Å²) in [7, 11) is 0. The van der Waals surface area contributed by atoms with Crippen molar-refractivity contribution >= 4 is 11.9 Å². The summed E-state index contributed by atoms with van der Waals surface area (Å²) in [5.41, 5.74) is 0. The lowest BCUT2D eigenvalue weighted by atomic mass is 10.0. The Hall–Kier alpha value is -1.06. The molecule has 1 aliphatic rings. The van der Waals surface area contributed by atoms with E-state index >= 15 is 0 Å². The second-order valence-electron chi connectivity index (χ2n) is 7.58. The third-order valence-corrected chi connectivity index (χ3v) is 5.06. The van der Waals surface area contributed by atoms with Crippen LogP contribution in [0, 0.1) is 0 Å². The Kier molecular flexibility index (Phi) is 12.4. The number of carbonyl (C=O) groups is 2. The van der Waals surface area contributed by atoms with Gasteiger partial charge in [-0.3, -0.25) is 4.79 Å². The molecule has 0 aliphatic carbocycles. The van der Waals surface area contributed by atoms with Gasteiger partial charge in [0.2, 0.25) is 5.91 Å². The van der Waals surface area contributed by atoms with Gasteiger partial charge in [-0.15, -0.1) is 0 Å². The van der Waals surface area contributed by atoms with Crippen molar-refractivity contribution < 1.29 is 14.3 Å². The van der Waals surface area contributed by atoms with Crippen molar-refractivity contribution in [3.8, 4) is 0 Å². The van der Waals surface area contributed by atoms with Gasteiger partial charge >= 0.3 is 5.97 Å². The van der Waals surface area contributed by atoms with E-state index in [1.807, 2.05) is 6.92 Å². The summed E-state index contributed by atoms with van der Waals surface area (Å²) >= 11 is 0. The van der Waals surface area contributed by atoms with Gasteiger partial charge in [-0.25, -0.2) is 4.79 Å². The van der Waals surface area contributed by atoms with Crippen LogP contribution in [0.4, 0.5) is 0 Å². The van der Waals surface area contributed by atoms with E-state index in [9.17, 15) is 9.59 Å². The van der Waals surface area contributed by atoms with Crippen LogP contribution in [0.2, 0.25) is 0 Å². The van der Waals surface area contributed by atoms with Crippen molar-refractivity contribution in [2.24, 2.45) is 0 Å². The van der Waals surface area contributed by atoms with Crippen LogP contribution in [0.15, 0.2) is 0 Å². The van der Waals surface area contributed by atoms with E-state index in [0.717, 1.165) is 12.8 Å². The van der Waals surface area contributed by atoms with E-state index in [-0.39, 0.29) is 18.0 Å². The minimum atomic E-state index is -0.420. The van der Waals surface area contributed by atoms with Crippen LogP contribution in [0.5, 0.6) is 0 Å². The Balaban J connectivity index is 1.86. The van der Waals surface area contributed by atoms with Crippen molar-refractivity contribution in [3.05, 3.63) is 0 Å². The van der Waals surface area contributed by atoms with Crippen LogP contribution in [0.25, 0.3) is 0 Å². The molecule has 0 aromatic heterocycles. The number of unbranched alkanes of at least 4 members (excludes halogenated alkanes) is 11. The van der Waals surface area contributed by atoms with E-state index in [4.69, 9.17) is 4.74 Å². The number of hydrogen-bond donors (Lipinski definition) is 1. The van der Waals surface area contributed by atoms with E-state index in [1.165, 1.54) is 70.6 Å². The van der Waals surface area contributed by atoms with E-state index in [0.29, 0.717) is 12.8 Å². The molecular weight excluding hydrogens is 314 g/mol. The molecule has 1 rings (SSSR count). The van der Waals surface area contributed by atoms with Crippen molar-refractivity contribution in [1.29, 1.82) is 0 Å². The van der Waals surface area contributed by atoms with Crippen LogP contribution in [0.3, 0.4) is 0 Å². The summed E-state index contributed by atoms with van der Waals surface area (Å²) in [5.74, 6) is -0.312. The zero-order chi connectivity index (χ0) is 18.3. The third-order valence-electron chi connectivity index (χ3n) is 5.06. The Morgan fingerprint density at radius 3 is 2.00 bits per heavy atom. The van der Waals surface area contributed by atoms with E-state index in [1.54, 1.807) is 0 Å². The zero-order valence-corrected chi connectivity index (χ0v) is 16.5. The van der Waals surface area contributed by atoms with Gasteiger partial charge in [-0.05, 0) is 26.2 Å². The SMILES string of the molecule is CCCCCCCCCCCCCCC(C)OC(=O)[C@@H]1CCC(=O)N1.